The molecule has 27 heavy (non-hydrogen) atoms. The number of ether oxygens (including phenoxy) is 1. The highest BCUT2D eigenvalue weighted by molar-refractivity contribution is 5.85. The molecule has 2 aliphatic rings. The summed E-state index contributed by atoms with van der Waals surface area (Å²) in [4.78, 5) is 6.23. The van der Waals surface area contributed by atoms with E-state index in [9.17, 15) is 0 Å². The van der Waals surface area contributed by atoms with Crippen molar-refractivity contribution in [2.24, 2.45) is 5.92 Å². The summed E-state index contributed by atoms with van der Waals surface area (Å²) in [6.45, 7) is 3.17. The molecule has 1 spiro atoms. The largest absolute Gasteiger partial charge is 0.368 e. The molecule has 1 saturated carbocycles. The minimum absolute atomic E-state index is 0.0661. The number of nitrogens with zero attached hydrogens (tertiary/aromatic N) is 1. The van der Waals surface area contributed by atoms with Crippen molar-refractivity contribution >= 4 is 10.9 Å². The molecule has 1 atom stereocenters. The highest BCUT2D eigenvalue weighted by Crippen LogP contribution is 2.48. The van der Waals surface area contributed by atoms with Crippen LogP contribution in [0.5, 0.6) is 0 Å². The Bertz CT molecular complexity index is 755. The van der Waals surface area contributed by atoms with Gasteiger partial charge in [-0.15, -0.1) is 0 Å². The number of aromatic nitrogens is 1. The Morgan fingerprint density at radius 3 is 2.70 bits per heavy atom. The van der Waals surface area contributed by atoms with Gasteiger partial charge < -0.3 is 14.6 Å². The summed E-state index contributed by atoms with van der Waals surface area (Å²) in [5.41, 5.74) is 4.12. The van der Waals surface area contributed by atoms with Crippen molar-refractivity contribution in [2.75, 3.05) is 20.7 Å². The third kappa shape index (κ3) is 3.56. The van der Waals surface area contributed by atoms with E-state index < -0.39 is 0 Å². The van der Waals surface area contributed by atoms with Gasteiger partial charge in [-0.25, -0.2) is 0 Å². The first-order valence-corrected chi connectivity index (χ1v) is 11.0. The molecule has 3 heteroatoms. The van der Waals surface area contributed by atoms with Crippen LogP contribution in [0, 0.1) is 5.92 Å². The molecule has 148 valence electrons. The Kier molecular flexibility index (Phi) is 5.61. The fourth-order valence-electron chi connectivity index (χ4n) is 5.67. The van der Waals surface area contributed by atoms with Gasteiger partial charge in [0, 0.05) is 16.9 Å². The van der Waals surface area contributed by atoms with Gasteiger partial charge in [0.2, 0.25) is 0 Å². The van der Waals surface area contributed by atoms with E-state index in [1.54, 1.807) is 0 Å². The van der Waals surface area contributed by atoms with Crippen molar-refractivity contribution in [2.45, 2.75) is 76.4 Å². The number of aromatic amines is 1. The minimum atomic E-state index is -0.0661. The van der Waals surface area contributed by atoms with Crippen molar-refractivity contribution < 1.29 is 4.74 Å². The molecule has 1 aromatic carbocycles. The summed E-state index contributed by atoms with van der Waals surface area (Å²) < 4.78 is 6.50. The maximum Gasteiger partial charge on any atom is 0.108 e. The van der Waals surface area contributed by atoms with E-state index in [-0.39, 0.29) is 5.60 Å². The fourth-order valence-corrected chi connectivity index (χ4v) is 5.67. The van der Waals surface area contributed by atoms with E-state index in [0.717, 1.165) is 37.8 Å². The molecule has 4 rings (SSSR count). The second-order valence-corrected chi connectivity index (χ2v) is 8.98. The molecule has 0 radical (unpaired) electrons. The Balaban J connectivity index is 1.52. The van der Waals surface area contributed by atoms with Crippen molar-refractivity contribution in [1.82, 2.24) is 9.88 Å². The van der Waals surface area contributed by atoms with Gasteiger partial charge in [0.15, 0.2) is 0 Å². The highest BCUT2D eigenvalue weighted by atomic mass is 16.5. The van der Waals surface area contributed by atoms with Crippen molar-refractivity contribution in [3.63, 3.8) is 0 Å². The van der Waals surface area contributed by atoms with Crippen LogP contribution in [0.3, 0.4) is 0 Å². The maximum absolute atomic E-state index is 6.50. The summed E-state index contributed by atoms with van der Waals surface area (Å²) in [5.74, 6) is 0.806. The lowest BCUT2D eigenvalue weighted by molar-refractivity contribution is -0.0997. The lowest BCUT2D eigenvalue weighted by atomic mass is 9.71. The molecule has 1 unspecified atom stereocenters. The van der Waals surface area contributed by atoms with E-state index in [0.29, 0.717) is 0 Å². The molecule has 0 amide bonds. The lowest BCUT2D eigenvalue weighted by Crippen LogP contribution is -2.44. The molecule has 2 aromatic rings. The summed E-state index contributed by atoms with van der Waals surface area (Å²) in [5, 5.41) is 1.41. The van der Waals surface area contributed by atoms with Crippen LogP contribution in [0.25, 0.3) is 10.9 Å². The van der Waals surface area contributed by atoms with Gasteiger partial charge in [-0.1, -0.05) is 44.4 Å². The van der Waals surface area contributed by atoms with Crippen molar-refractivity contribution in [1.29, 1.82) is 0 Å². The van der Waals surface area contributed by atoms with E-state index in [2.05, 4.69) is 55.2 Å². The molecular weight excluding hydrogens is 332 g/mol. The quantitative estimate of drug-likeness (QED) is 0.669. The van der Waals surface area contributed by atoms with Gasteiger partial charge in [0.1, 0.15) is 5.60 Å². The second-order valence-electron chi connectivity index (χ2n) is 8.98. The fraction of sp³-hybridized carbons (Fsp3) is 0.667. The minimum Gasteiger partial charge on any atom is -0.368 e. The van der Waals surface area contributed by atoms with Crippen LogP contribution in [0.2, 0.25) is 0 Å². The van der Waals surface area contributed by atoms with Gasteiger partial charge in [0.25, 0.3) is 0 Å². The molecule has 1 aliphatic carbocycles. The van der Waals surface area contributed by atoms with Gasteiger partial charge in [0.05, 0.1) is 12.3 Å². The Morgan fingerprint density at radius 1 is 1.19 bits per heavy atom. The number of rotatable bonds is 6. The van der Waals surface area contributed by atoms with E-state index >= 15 is 0 Å². The smallest absolute Gasteiger partial charge is 0.108 e. The van der Waals surface area contributed by atoms with Gasteiger partial charge >= 0.3 is 0 Å². The predicted octanol–water partition coefficient (Wildman–Crippen LogP) is 5.64. The van der Waals surface area contributed by atoms with Gasteiger partial charge in [-0.2, -0.15) is 0 Å². The molecule has 1 aromatic heterocycles. The summed E-state index contributed by atoms with van der Waals surface area (Å²) >= 11 is 0. The first kappa shape index (κ1) is 19.0. The SMILES string of the molecule is CCCCCC(C1CCC2(CC1)OCCc1c2[nH]c2ccccc12)N(C)C. The van der Waals surface area contributed by atoms with Crippen LogP contribution in [-0.4, -0.2) is 36.6 Å². The summed E-state index contributed by atoms with van der Waals surface area (Å²) in [7, 11) is 4.54. The number of unbranched alkanes of at least 4 members (excludes halogenated alkanes) is 2. The Morgan fingerprint density at radius 2 is 1.96 bits per heavy atom. The third-order valence-corrected chi connectivity index (χ3v) is 7.15. The van der Waals surface area contributed by atoms with Crippen LogP contribution < -0.4 is 0 Å². The molecule has 2 heterocycles. The second kappa shape index (κ2) is 7.97. The molecule has 1 fully saturated rings. The summed E-state index contributed by atoms with van der Waals surface area (Å²) in [6, 6.07) is 9.49. The first-order chi connectivity index (χ1) is 13.1. The Labute approximate surface area is 164 Å². The molecule has 1 aliphatic heterocycles. The number of hydrogen-bond donors (Lipinski definition) is 1. The first-order valence-electron chi connectivity index (χ1n) is 11.0. The lowest BCUT2D eigenvalue weighted by Gasteiger charge is -2.45. The zero-order valence-electron chi connectivity index (χ0n) is 17.4. The normalized spacial score (nSPS) is 26.6. The van der Waals surface area contributed by atoms with Gasteiger partial charge in [-0.05, 0) is 70.2 Å². The van der Waals surface area contributed by atoms with Crippen LogP contribution in [0.1, 0.15) is 69.5 Å². The standard InChI is InChI=1S/C24H36N2O/c1-4-5-6-11-22(26(2)3)18-12-15-24(16-13-18)23-20(14-17-27-24)19-9-7-8-10-21(19)25-23/h7-10,18,22,25H,4-6,11-17H2,1-3H3. The number of nitrogens with one attached hydrogen (secondary N) is 1. The average Bonchev–Trinajstić information content (AvgIpc) is 3.07. The van der Waals surface area contributed by atoms with Crippen molar-refractivity contribution in [3.8, 4) is 0 Å². The predicted molar refractivity (Wildman–Crippen MR) is 113 cm³/mol. The maximum atomic E-state index is 6.50. The zero-order chi connectivity index (χ0) is 18.9. The number of fused-ring (bicyclic) bond motifs is 4. The zero-order valence-corrected chi connectivity index (χ0v) is 17.4. The van der Waals surface area contributed by atoms with Gasteiger partial charge in [-0.3, -0.25) is 0 Å². The average molecular weight is 369 g/mol. The van der Waals surface area contributed by atoms with E-state index in [4.69, 9.17) is 4.74 Å². The van der Waals surface area contributed by atoms with E-state index in [1.807, 2.05) is 0 Å². The molecule has 3 nitrogen and oxygen atoms in total. The number of H-pyrrole nitrogens is 1. The molecule has 1 N–H and O–H groups in total. The number of para-hydroxylation sites is 1. The van der Waals surface area contributed by atoms with Crippen LogP contribution in [0.15, 0.2) is 24.3 Å². The number of benzene rings is 1. The van der Waals surface area contributed by atoms with Crippen LogP contribution in [-0.2, 0) is 16.8 Å². The molecular formula is C24H36N2O. The number of hydrogen-bond acceptors (Lipinski definition) is 2. The third-order valence-electron chi connectivity index (χ3n) is 7.15. The summed E-state index contributed by atoms with van der Waals surface area (Å²) in [6.07, 6.45) is 11.3. The van der Waals surface area contributed by atoms with Crippen LogP contribution in [0.4, 0.5) is 0 Å². The molecule has 0 saturated heterocycles. The Hall–Kier alpha value is -1.32. The van der Waals surface area contributed by atoms with Crippen molar-refractivity contribution in [3.05, 3.63) is 35.5 Å². The molecule has 0 bridgehead atoms. The highest BCUT2D eigenvalue weighted by Gasteiger charge is 2.44. The van der Waals surface area contributed by atoms with E-state index in [1.165, 1.54) is 60.7 Å². The topological polar surface area (TPSA) is 28.3 Å². The van der Waals surface area contributed by atoms with Crippen LogP contribution >= 0.6 is 0 Å². The monoisotopic (exact) mass is 368 g/mol.